The Morgan fingerprint density at radius 1 is 1.32 bits per heavy atom. The summed E-state index contributed by atoms with van der Waals surface area (Å²) in [7, 11) is -3.53. The van der Waals surface area contributed by atoms with Gasteiger partial charge in [0.15, 0.2) is 0 Å². The molecule has 5 nitrogen and oxygen atoms in total. The molecular weight excluding hydrogens is 302 g/mol. The minimum absolute atomic E-state index is 0.0269. The molecule has 1 aliphatic heterocycles. The Labute approximate surface area is 131 Å². The van der Waals surface area contributed by atoms with Crippen molar-refractivity contribution in [2.24, 2.45) is 0 Å². The summed E-state index contributed by atoms with van der Waals surface area (Å²) in [5, 5.41) is 0. The van der Waals surface area contributed by atoms with Crippen molar-refractivity contribution in [2.75, 3.05) is 19.8 Å². The van der Waals surface area contributed by atoms with Gasteiger partial charge in [-0.2, -0.15) is 4.31 Å². The molecule has 0 radical (unpaired) electrons. The Bertz CT molecular complexity index is 616. The average molecular weight is 323 g/mol. The summed E-state index contributed by atoms with van der Waals surface area (Å²) in [6.45, 7) is 4.83. The van der Waals surface area contributed by atoms with Gasteiger partial charge in [-0.05, 0) is 25.0 Å². The third-order valence-corrected chi connectivity index (χ3v) is 6.20. The second-order valence-corrected chi connectivity index (χ2v) is 7.46. The van der Waals surface area contributed by atoms with E-state index in [0.29, 0.717) is 24.7 Å². The summed E-state index contributed by atoms with van der Waals surface area (Å²) in [5.74, 6) is 0. The number of hydrogen-bond donors (Lipinski definition) is 0. The normalized spacial score (nSPS) is 29.2. The molecule has 120 valence electrons. The molecule has 1 aromatic carbocycles. The lowest BCUT2D eigenvalue weighted by atomic mass is 10.2. The second kappa shape index (κ2) is 6.50. The number of rotatable bonds is 5. The van der Waals surface area contributed by atoms with Crippen LogP contribution < -0.4 is 0 Å². The summed E-state index contributed by atoms with van der Waals surface area (Å²) in [6, 6.07) is 8.39. The van der Waals surface area contributed by atoms with Crippen LogP contribution in [0, 0.1) is 0 Å². The van der Waals surface area contributed by atoms with Crippen LogP contribution in [0.25, 0.3) is 0 Å². The van der Waals surface area contributed by atoms with E-state index in [0.717, 1.165) is 12.8 Å². The summed E-state index contributed by atoms with van der Waals surface area (Å²) in [6.07, 6.45) is 3.02. The fraction of sp³-hybridized carbons (Fsp3) is 0.500. The first kappa shape index (κ1) is 15.7. The molecule has 0 aromatic heterocycles. The monoisotopic (exact) mass is 323 g/mol. The highest BCUT2D eigenvalue weighted by atomic mass is 32.2. The van der Waals surface area contributed by atoms with Gasteiger partial charge in [0.25, 0.3) is 0 Å². The van der Waals surface area contributed by atoms with Crippen LogP contribution in [0.1, 0.15) is 12.8 Å². The van der Waals surface area contributed by atoms with Crippen molar-refractivity contribution in [1.29, 1.82) is 0 Å². The first-order chi connectivity index (χ1) is 10.6. The van der Waals surface area contributed by atoms with E-state index in [2.05, 4.69) is 6.58 Å². The molecule has 2 fully saturated rings. The van der Waals surface area contributed by atoms with Crippen LogP contribution in [0.5, 0.6) is 0 Å². The van der Waals surface area contributed by atoms with Crippen molar-refractivity contribution in [3.63, 3.8) is 0 Å². The first-order valence-corrected chi connectivity index (χ1v) is 8.99. The Balaban J connectivity index is 1.90. The van der Waals surface area contributed by atoms with Crippen LogP contribution in [0.2, 0.25) is 0 Å². The molecule has 1 saturated carbocycles. The number of benzene rings is 1. The standard InChI is InChI=1S/C16H21NO4S/c1-2-11-21-16-14-8-9-15(16)20-12-10-17(14)22(18,19)13-6-4-3-5-7-13/h2-7,14-16H,1,8-12H2. The molecule has 22 heavy (non-hydrogen) atoms. The largest absolute Gasteiger partial charge is 0.374 e. The van der Waals surface area contributed by atoms with Crippen LogP contribution in [0.15, 0.2) is 47.9 Å². The molecule has 1 aromatic rings. The van der Waals surface area contributed by atoms with Gasteiger partial charge in [0.05, 0.1) is 30.3 Å². The van der Waals surface area contributed by atoms with Gasteiger partial charge >= 0.3 is 0 Å². The summed E-state index contributed by atoms with van der Waals surface area (Å²) in [5.41, 5.74) is 0. The minimum Gasteiger partial charge on any atom is -0.374 e. The Morgan fingerprint density at radius 3 is 2.82 bits per heavy atom. The lowest BCUT2D eigenvalue weighted by Gasteiger charge is -2.30. The van der Waals surface area contributed by atoms with E-state index in [1.54, 1.807) is 34.6 Å². The first-order valence-electron chi connectivity index (χ1n) is 7.55. The van der Waals surface area contributed by atoms with E-state index < -0.39 is 10.0 Å². The van der Waals surface area contributed by atoms with Crippen molar-refractivity contribution in [3.05, 3.63) is 43.0 Å². The molecule has 2 bridgehead atoms. The Morgan fingerprint density at radius 2 is 2.09 bits per heavy atom. The van der Waals surface area contributed by atoms with Crippen molar-refractivity contribution in [1.82, 2.24) is 4.31 Å². The lowest BCUT2D eigenvalue weighted by molar-refractivity contribution is -0.0421. The van der Waals surface area contributed by atoms with Crippen molar-refractivity contribution in [2.45, 2.75) is 36.0 Å². The number of hydrogen-bond acceptors (Lipinski definition) is 4. The molecule has 1 saturated heterocycles. The van der Waals surface area contributed by atoms with Crippen LogP contribution in [-0.4, -0.2) is 50.7 Å². The molecule has 0 spiro atoms. The zero-order valence-electron chi connectivity index (χ0n) is 12.4. The van der Waals surface area contributed by atoms with E-state index >= 15 is 0 Å². The predicted molar refractivity (Wildman–Crippen MR) is 83.0 cm³/mol. The molecule has 1 aliphatic carbocycles. The minimum atomic E-state index is -3.53. The van der Waals surface area contributed by atoms with Crippen molar-refractivity contribution < 1.29 is 17.9 Å². The van der Waals surface area contributed by atoms with Crippen LogP contribution in [-0.2, 0) is 19.5 Å². The zero-order chi connectivity index (χ0) is 15.6. The highest BCUT2D eigenvalue weighted by Gasteiger charge is 2.47. The van der Waals surface area contributed by atoms with E-state index in [-0.39, 0.29) is 18.2 Å². The highest BCUT2D eigenvalue weighted by molar-refractivity contribution is 7.89. The van der Waals surface area contributed by atoms with Crippen molar-refractivity contribution >= 4 is 10.0 Å². The molecule has 0 N–H and O–H groups in total. The fourth-order valence-corrected chi connectivity index (χ4v) is 4.95. The van der Waals surface area contributed by atoms with Crippen LogP contribution in [0.4, 0.5) is 0 Å². The molecule has 3 atom stereocenters. The predicted octanol–water partition coefficient (Wildman–Crippen LogP) is 1.81. The maximum atomic E-state index is 12.9. The van der Waals surface area contributed by atoms with Gasteiger partial charge in [0.2, 0.25) is 10.0 Å². The van der Waals surface area contributed by atoms with Crippen molar-refractivity contribution in [3.8, 4) is 0 Å². The molecule has 0 amide bonds. The molecule has 1 heterocycles. The van der Waals surface area contributed by atoms with E-state index in [4.69, 9.17) is 9.47 Å². The number of ether oxygens (including phenoxy) is 2. The molecular formula is C16H21NO4S. The molecule has 3 unspecified atom stereocenters. The number of sulfonamides is 1. The topological polar surface area (TPSA) is 55.8 Å². The third kappa shape index (κ3) is 2.84. The molecule has 6 heteroatoms. The van der Waals surface area contributed by atoms with E-state index in [1.165, 1.54) is 0 Å². The van der Waals surface area contributed by atoms with Gasteiger partial charge in [0.1, 0.15) is 6.10 Å². The SMILES string of the molecule is C=CCOC1C2CCC1N(S(=O)(=O)c1ccccc1)CCO2. The van der Waals surface area contributed by atoms with Gasteiger partial charge < -0.3 is 9.47 Å². The quantitative estimate of drug-likeness (QED) is 0.776. The molecule has 2 aliphatic rings. The maximum Gasteiger partial charge on any atom is 0.243 e. The van der Waals surface area contributed by atoms with Gasteiger partial charge in [-0.25, -0.2) is 8.42 Å². The lowest BCUT2D eigenvalue weighted by Crippen LogP contribution is -2.46. The zero-order valence-corrected chi connectivity index (χ0v) is 13.2. The summed E-state index contributed by atoms with van der Waals surface area (Å²) < 4.78 is 39.1. The fourth-order valence-electron chi connectivity index (χ4n) is 3.28. The number of fused-ring (bicyclic) bond motifs is 2. The summed E-state index contributed by atoms with van der Waals surface area (Å²) >= 11 is 0. The average Bonchev–Trinajstić information content (AvgIpc) is 2.80. The molecule has 3 rings (SSSR count). The number of nitrogens with zero attached hydrogens (tertiary/aromatic N) is 1. The van der Waals surface area contributed by atoms with Gasteiger partial charge in [-0.15, -0.1) is 6.58 Å². The van der Waals surface area contributed by atoms with E-state index in [9.17, 15) is 8.42 Å². The second-order valence-electron chi connectivity index (χ2n) is 5.57. The van der Waals surface area contributed by atoms with E-state index in [1.807, 2.05) is 6.07 Å². The van der Waals surface area contributed by atoms with Crippen LogP contribution in [0.3, 0.4) is 0 Å². The Kier molecular flexibility index (Phi) is 4.63. The maximum absolute atomic E-state index is 12.9. The van der Waals surface area contributed by atoms with Gasteiger partial charge in [0, 0.05) is 6.54 Å². The third-order valence-electron chi connectivity index (χ3n) is 4.26. The van der Waals surface area contributed by atoms with Gasteiger partial charge in [-0.3, -0.25) is 0 Å². The van der Waals surface area contributed by atoms with Crippen LogP contribution >= 0.6 is 0 Å². The van der Waals surface area contributed by atoms with Gasteiger partial charge in [-0.1, -0.05) is 24.3 Å². The smallest absolute Gasteiger partial charge is 0.243 e. The summed E-state index contributed by atoms with van der Waals surface area (Å²) in [4.78, 5) is 0.322. The highest BCUT2D eigenvalue weighted by Crippen LogP contribution is 2.35. The Hall–Kier alpha value is -1.21.